The van der Waals surface area contributed by atoms with Gasteiger partial charge in [0.2, 0.25) is 11.8 Å². The molecule has 3 heterocycles. The average molecular weight is 367 g/mol. The van der Waals surface area contributed by atoms with E-state index in [2.05, 4.69) is 15.1 Å². The molecule has 1 atom stereocenters. The van der Waals surface area contributed by atoms with Crippen LogP contribution in [-0.4, -0.2) is 59.2 Å². The number of benzene rings is 1. The molecule has 1 aromatic carbocycles. The Kier molecular flexibility index (Phi) is 4.62. The van der Waals surface area contributed by atoms with E-state index in [1.165, 1.54) is 0 Å². The van der Waals surface area contributed by atoms with Crippen LogP contribution >= 0.6 is 0 Å². The molecule has 1 aliphatic heterocycles. The molecule has 140 valence electrons. The van der Waals surface area contributed by atoms with Crippen LogP contribution in [0.1, 0.15) is 12.1 Å². The lowest BCUT2D eigenvalue weighted by Gasteiger charge is -2.17. The highest BCUT2D eigenvalue weighted by Gasteiger charge is 2.29. The third kappa shape index (κ3) is 3.69. The van der Waals surface area contributed by atoms with Crippen molar-refractivity contribution in [2.24, 2.45) is 0 Å². The molecule has 8 heteroatoms. The number of hydrogen-bond donors (Lipinski definition) is 0. The molecule has 8 nitrogen and oxygen atoms in total. The van der Waals surface area contributed by atoms with Gasteiger partial charge in [-0.1, -0.05) is 17.3 Å². The van der Waals surface area contributed by atoms with Crippen molar-refractivity contribution < 1.29 is 14.1 Å². The molecular weight excluding hydrogens is 346 g/mol. The maximum atomic E-state index is 12.7. The summed E-state index contributed by atoms with van der Waals surface area (Å²) >= 11 is 0. The Morgan fingerprint density at radius 3 is 3.04 bits per heavy atom. The van der Waals surface area contributed by atoms with Crippen LogP contribution in [0.2, 0.25) is 0 Å². The van der Waals surface area contributed by atoms with E-state index in [9.17, 15) is 4.79 Å². The predicted molar refractivity (Wildman–Crippen MR) is 99.7 cm³/mol. The van der Waals surface area contributed by atoms with E-state index in [1.54, 1.807) is 17.3 Å². The topological polar surface area (TPSA) is 84.6 Å². The first kappa shape index (κ1) is 17.3. The number of likely N-dealkylation sites (tertiary alicyclic amines) is 1. The Morgan fingerprint density at radius 2 is 2.19 bits per heavy atom. The second-order valence-electron chi connectivity index (χ2n) is 6.78. The van der Waals surface area contributed by atoms with Gasteiger partial charge in [0.25, 0.3) is 0 Å². The van der Waals surface area contributed by atoms with Gasteiger partial charge in [-0.3, -0.25) is 9.78 Å². The third-order valence-electron chi connectivity index (χ3n) is 4.61. The summed E-state index contributed by atoms with van der Waals surface area (Å²) in [7, 11) is 3.80. The van der Waals surface area contributed by atoms with Crippen molar-refractivity contribution in [3.8, 4) is 5.88 Å². The minimum absolute atomic E-state index is 0.0216. The van der Waals surface area contributed by atoms with Gasteiger partial charge in [0.05, 0.1) is 25.4 Å². The number of fused-ring (bicyclic) bond motifs is 1. The molecule has 0 radical (unpaired) electrons. The molecule has 3 aromatic rings. The molecule has 0 aliphatic carbocycles. The summed E-state index contributed by atoms with van der Waals surface area (Å²) in [4.78, 5) is 24.9. The van der Waals surface area contributed by atoms with E-state index in [4.69, 9.17) is 9.26 Å². The average Bonchev–Trinajstić information content (AvgIpc) is 3.29. The minimum atomic E-state index is -0.0882. The second kappa shape index (κ2) is 7.22. The lowest BCUT2D eigenvalue weighted by Crippen LogP contribution is -2.32. The number of anilines is 1. The van der Waals surface area contributed by atoms with E-state index in [0.717, 1.165) is 17.6 Å². The van der Waals surface area contributed by atoms with Gasteiger partial charge in [-0.15, -0.1) is 0 Å². The number of rotatable bonds is 5. The number of ether oxygens (including phenoxy) is 1. The number of amides is 1. The molecule has 0 saturated carbocycles. The molecule has 0 N–H and O–H groups in total. The highest BCUT2D eigenvalue weighted by molar-refractivity contribution is 5.86. The largest absolute Gasteiger partial charge is 0.471 e. The zero-order valence-electron chi connectivity index (χ0n) is 15.3. The lowest BCUT2D eigenvalue weighted by molar-refractivity contribution is -0.129. The van der Waals surface area contributed by atoms with E-state index >= 15 is 0 Å². The van der Waals surface area contributed by atoms with Crippen LogP contribution in [0.15, 0.2) is 41.2 Å². The molecule has 0 bridgehead atoms. The van der Waals surface area contributed by atoms with Crippen molar-refractivity contribution in [3.05, 3.63) is 42.4 Å². The maximum Gasteiger partial charge on any atom is 0.234 e. The van der Waals surface area contributed by atoms with Crippen LogP contribution in [-0.2, 0) is 11.2 Å². The summed E-state index contributed by atoms with van der Waals surface area (Å²) in [5.74, 6) is 1.23. The number of para-hydroxylation sites is 1. The van der Waals surface area contributed by atoms with Crippen LogP contribution in [0, 0.1) is 0 Å². The van der Waals surface area contributed by atoms with Gasteiger partial charge < -0.3 is 19.1 Å². The van der Waals surface area contributed by atoms with E-state index in [0.29, 0.717) is 30.2 Å². The standard InChI is InChI=1S/C19H21N5O3/c1-23(2)17-10-20-11-18(21-17)26-13-7-8-24(12-13)19(25)9-15-14-5-3-4-6-16(14)27-22-15/h3-6,10-11,13H,7-9,12H2,1-2H3/t13-/m1/s1. The van der Waals surface area contributed by atoms with E-state index in [-0.39, 0.29) is 18.4 Å². The van der Waals surface area contributed by atoms with Crippen molar-refractivity contribution in [2.75, 3.05) is 32.1 Å². The first-order valence-electron chi connectivity index (χ1n) is 8.87. The lowest BCUT2D eigenvalue weighted by atomic mass is 10.1. The smallest absolute Gasteiger partial charge is 0.234 e. The van der Waals surface area contributed by atoms with Crippen molar-refractivity contribution in [2.45, 2.75) is 18.9 Å². The molecule has 1 saturated heterocycles. The second-order valence-corrected chi connectivity index (χ2v) is 6.78. The van der Waals surface area contributed by atoms with Gasteiger partial charge in [0, 0.05) is 32.4 Å². The van der Waals surface area contributed by atoms with Gasteiger partial charge in [-0.05, 0) is 12.1 Å². The molecule has 2 aromatic heterocycles. The van der Waals surface area contributed by atoms with Crippen molar-refractivity contribution in [1.82, 2.24) is 20.0 Å². The van der Waals surface area contributed by atoms with Crippen molar-refractivity contribution >= 4 is 22.7 Å². The fourth-order valence-corrected chi connectivity index (χ4v) is 3.15. The Bertz CT molecular complexity index is 955. The van der Waals surface area contributed by atoms with Crippen LogP contribution in [0.3, 0.4) is 0 Å². The fraction of sp³-hybridized carbons (Fsp3) is 0.368. The number of carbonyl (C=O) groups excluding carboxylic acids is 1. The quantitative estimate of drug-likeness (QED) is 0.681. The SMILES string of the molecule is CN(C)c1cncc(O[C@@H]2CCN(C(=O)Cc3noc4ccccc34)C2)n1. The molecule has 4 rings (SSSR count). The van der Waals surface area contributed by atoms with E-state index < -0.39 is 0 Å². The van der Waals surface area contributed by atoms with Crippen molar-refractivity contribution in [3.63, 3.8) is 0 Å². The van der Waals surface area contributed by atoms with Crippen LogP contribution in [0.25, 0.3) is 11.0 Å². The van der Waals surface area contributed by atoms with Gasteiger partial charge in [-0.25, -0.2) is 0 Å². The minimum Gasteiger partial charge on any atom is -0.471 e. The van der Waals surface area contributed by atoms with Crippen molar-refractivity contribution in [1.29, 1.82) is 0 Å². The summed E-state index contributed by atoms with van der Waals surface area (Å²) in [5.41, 5.74) is 1.37. The molecule has 1 amide bonds. The predicted octanol–water partition coefficient (Wildman–Crippen LogP) is 1.91. The zero-order valence-corrected chi connectivity index (χ0v) is 15.3. The molecule has 0 unspecified atom stereocenters. The molecule has 0 spiro atoms. The molecule has 1 fully saturated rings. The summed E-state index contributed by atoms with van der Waals surface area (Å²) in [6.07, 6.45) is 4.17. The number of nitrogens with zero attached hydrogens (tertiary/aromatic N) is 5. The maximum absolute atomic E-state index is 12.7. The normalized spacial score (nSPS) is 16.7. The Hall–Kier alpha value is -3.16. The number of aromatic nitrogens is 3. The van der Waals surface area contributed by atoms with Crippen LogP contribution in [0.5, 0.6) is 5.88 Å². The van der Waals surface area contributed by atoms with Gasteiger partial charge >= 0.3 is 0 Å². The van der Waals surface area contributed by atoms with Gasteiger partial charge in [0.1, 0.15) is 11.8 Å². The summed E-state index contributed by atoms with van der Waals surface area (Å²) in [6, 6.07) is 7.56. The highest BCUT2D eigenvalue weighted by Crippen LogP contribution is 2.21. The molecule has 1 aliphatic rings. The number of hydrogen-bond acceptors (Lipinski definition) is 7. The Balaban J connectivity index is 1.37. The first-order valence-corrected chi connectivity index (χ1v) is 8.87. The first-order chi connectivity index (χ1) is 13.1. The summed E-state index contributed by atoms with van der Waals surface area (Å²) in [6.45, 7) is 1.18. The third-order valence-corrected chi connectivity index (χ3v) is 4.61. The zero-order chi connectivity index (χ0) is 18.8. The van der Waals surface area contributed by atoms with Gasteiger partial charge in [-0.2, -0.15) is 4.98 Å². The Labute approximate surface area is 156 Å². The fourth-order valence-electron chi connectivity index (χ4n) is 3.15. The van der Waals surface area contributed by atoms with Gasteiger partial charge in [0.15, 0.2) is 11.4 Å². The monoisotopic (exact) mass is 367 g/mol. The molecule has 27 heavy (non-hydrogen) atoms. The molecular formula is C19H21N5O3. The summed E-state index contributed by atoms with van der Waals surface area (Å²) < 4.78 is 11.2. The summed E-state index contributed by atoms with van der Waals surface area (Å²) in [5, 5.41) is 4.93. The number of carbonyl (C=O) groups is 1. The highest BCUT2D eigenvalue weighted by atomic mass is 16.5. The Morgan fingerprint density at radius 1 is 1.33 bits per heavy atom. The van der Waals surface area contributed by atoms with Crippen LogP contribution in [0.4, 0.5) is 5.82 Å². The van der Waals surface area contributed by atoms with Crippen LogP contribution < -0.4 is 9.64 Å². The van der Waals surface area contributed by atoms with E-state index in [1.807, 2.05) is 43.3 Å².